The van der Waals surface area contributed by atoms with Crippen molar-refractivity contribution in [3.63, 3.8) is 0 Å². The van der Waals surface area contributed by atoms with Crippen molar-refractivity contribution in [2.75, 3.05) is 26.2 Å². The molecule has 126 valence electrons. The van der Waals surface area contributed by atoms with E-state index in [4.69, 9.17) is 10.7 Å². The van der Waals surface area contributed by atoms with Crippen LogP contribution in [0.5, 0.6) is 0 Å². The van der Waals surface area contributed by atoms with E-state index in [0.717, 1.165) is 12.1 Å². The Kier molecular flexibility index (Phi) is 5.34. The molecular formula is C19H30N4. The van der Waals surface area contributed by atoms with Gasteiger partial charge in [0.05, 0.1) is 11.0 Å². The topological polar surface area (TPSA) is 47.1 Å². The van der Waals surface area contributed by atoms with Gasteiger partial charge in [-0.2, -0.15) is 0 Å². The van der Waals surface area contributed by atoms with E-state index in [1.54, 1.807) is 0 Å². The second-order valence-corrected chi connectivity index (χ2v) is 6.72. The van der Waals surface area contributed by atoms with Gasteiger partial charge in [0.1, 0.15) is 5.82 Å². The number of aromatic nitrogens is 2. The smallest absolute Gasteiger partial charge is 0.114 e. The number of fused-ring (bicyclic) bond motifs is 1. The van der Waals surface area contributed by atoms with Crippen LogP contribution in [0.3, 0.4) is 0 Å². The molecule has 0 amide bonds. The summed E-state index contributed by atoms with van der Waals surface area (Å²) in [5.74, 6) is 2.24. The summed E-state index contributed by atoms with van der Waals surface area (Å²) in [6, 6.07) is 8.45. The summed E-state index contributed by atoms with van der Waals surface area (Å²) in [6.07, 6.45) is 3.74. The Hall–Kier alpha value is -1.39. The zero-order chi connectivity index (χ0) is 16.2. The van der Waals surface area contributed by atoms with Crippen molar-refractivity contribution < 1.29 is 0 Å². The third-order valence-corrected chi connectivity index (χ3v) is 5.33. The molecule has 2 aromatic rings. The maximum absolute atomic E-state index is 6.21. The summed E-state index contributed by atoms with van der Waals surface area (Å²) in [7, 11) is 0. The van der Waals surface area contributed by atoms with Gasteiger partial charge < -0.3 is 15.2 Å². The predicted octanol–water partition coefficient (Wildman–Crippen LogP) is 3.22. The third-order valence-electron chi connectivity index (χ3n) is 5.33. The van der Waals surface area contributed by atoms with E-state index in [-0.39, 0.29) is 0 Å². The average molecular weight is 314 g/mol. The van der Waals surface area contributed by atoms with E-state index in [1.165, 1.54) is 50.2 Å². The molecule has 1 aromatic heterocycles. The summed E-state index contributed by atoms with van der Waals surface area (Å²) < 4.78 is 2.37. The molecule has 1 unspecified atom stereocenters. The minimum absolute atomic E-state index is 0.381. The fourth-order valence-corrected chi connectivity index (χ4v) is 4.11. The standard InChI is InChI=1S/C19H30N4/c1-3-11-22-12-9-15(10-13-22)16(14-20)19-21-17-7-5-6-8-18(17)23(19)4-2/h5-8,15-16H,3-4,9-14,20H2,1-2H3. The van der Waals surface area contributed by atoms with Gasteiger partial charge in [0.25, 0.3) is 0 Å². The van der Waals surface area contributed by atoms with E-state index in [1.807, 2.05) is 0 Å². The Morgan fingerprint density at radius 1 is 1.22 bits per heavy atom. The van der Waals surface area contributed by atoms with Crippen LogP contribution in [0, 0.1) is 5.92 Å². The van der Waals surface area contributed by atoms with Gasteiger partial charge >= 0.3 is 0 Å². The fraction of sp³-hybridized carbons (Fsp3) is 0.632. The molecule has 0 radical (unpaired) electrons. The van der Waals surface area contributed by atoms with Crippen LogP contribution in [0.25, 0.3) is 11.0 Å². The molecule has 2 N–H and O–H groups in total. The molecule has 0 bridgehead atoms. The van der Waals surface area contributed by atoms with E-state index in [2.05, 4.69) is 47.6 Å². The van der Waals surface area contributed by atoms with E-state index < -0.39 is 0 Å². The number of nitrogens with zero attached hydrogens (tertiary/aromatic N) is 3. The SMILES string of the molecule is CCCN1CCC(C(CN)c2nc3ccccc3n2CC)CC1. The normalized spacial score (nSPS) is 18.6. The summed E-state index contributed by atoms with van der Waals surface area (Å²) in [5.41, 5.74) is 8.55. The monoisotopic (exact) mass is 314 g/mol. The summed E-state index contributed by atoms with van der Waals surface area (Å²) >= 11 is 0. The lowest BCUT2D eigenvalue weighted by Gasteiger charge is -2.35. The number of para-hydroxylation sites is 2. The van der Waals surface area contributed by atoms with Crippen LogP contribution in [-0.2, 0) is 6.54 Å². The molecular weight excluding hydrogens is 284 g/mol. The number of benzene rings is 1. The minimum Gasteiger partial charge on any atom is -0.330 e. The highest BCUT2D eigenvalue weighted by Gasteiger charge is 2.30. The third kappa shape index (κ3) is 3.29. The van der Waals surface area contributed by atoms with Gasteiger partial charge in [0.15, 0.2) is 0 Å². The van der Waals surface area contributed by atoms with Crippen LogP contribution < -0.4 is 5.73 Å². The van der Waals surface area contributed by atoms with Gasteiger partial charge in [-0.15, -0.1) is 0 Å². The summed E-state index contributed by atoms with van der Waals surface area (Å²) in [5, 5.41) is 0. The average Bonchev–Trinajstić information content (AvgIpc) is 2.95. The highest BCUT2D eigenvalue weighted by atomic mass is 15.1. The summed E-state index contributed by atoms with van der Waals surface area (Å²) in [6.45, 7) is 9.77. The molecule has 0 spiro atoms. The number of nitrogens with two attached hydrogens (primary N) is 1. The van der Waals surface area contributed by atoms with Crippen molar-refractivity contribution in [1.82, 2.24) is 14.5 Å². The Balaban J connectivity index is 1.84. The minimum atomic E-state index is 0.381. The molecule has 23 heavy (non-hydrogen) atoms. The second kappa shape index (κ2) is 7.45. The lowest BCUT2D eigenvalue weighted by Crippen LogP contribution is -2.38. The summed E-state index contributed by atoms with van der Waals surface area (Å²) in [4.78, 5) is 7.54. The molecule has 1 aromatic carbocycles. The van der Waals surface area contributed by atoms with Crippen LogP contribution in [0.1, 0.15) is 44.9 Å². The highest BCUT2D eigenvalue weighted by molar-refractivity contribution is 5.76. The predicted molar refractivity (Wildman–Crippen MR) is 96.7 cm³/mol. The molecule has 2 heterocycles. The fourth-order valence-electron chi connectivity index (χ4n) is 4.11. The number of imidazole rings is 1. The molecule has 1 fully saturated rings. The second-order valence-electron chi connectivity index (χ2n) is 6.72. The molecule has 1 saturated heterocycles. The van der Waals surface area contributed by atoms with Crippen LogP contribution in [0.4, 0.5) is 0 Å². The Bertz CT molecular complexity index is 625. The van der Waals surface area contributed by atoms with Crippen molar-refractivity contribution in [2.24, 2.45) is 11.7 Å². The molecule has 0 aliphatic carbocycles. The van der Waals surface area contributed by atoms with Crippen LogP contribution >= 0.6 is 0 Å². The first-order valence-corrected chi connectivity index (χ1v) is 9.16. The molecule has 4 heteroatoms. The lowest BCUT2D eigenvalue weighted by molar-refractivity contribution is 0.166. The molecule has 1 aliphatic rings. The van der Waals surface area contributed by atoms with Crippen LogP contribution in [-0.4, -0.2) is 40.6 Å². The lowest BCUT2D eigenvalue weighted by atomic mass is 9.83. The van der Waals surface area contributed by atoms with Crippen molar-refractivity contribution in [2.45, 2.75) is 45.6 Å². The molecule has 3 rings (SSSR count). The Morgan fingerprint density at radius 3 is 2.61 bits per heavy atom. The Morgan fingerprint density at radius 2 is 1.96 bits per heavy atom. The molecule has 0 saturated carbocycles. The first kappa shape index (κ1) is 16.5. The number of aryl methyl sites for hydroxylation is 1. The maximum Gasteiger partial charge on any atom is 0.114 e. The van der Waals surface area contributed by atoms with Gasteiger partial charge in [-0.05, 0) is 63.9 Å². The maximum atomic E-state index is 6.21. The van der Waals surface area contributed by atoms with Gasteiger partial charge in [0, 0.05) is 19.0 Å². The van der Waals surface area contributed by atoms with E-state index in [9.17, 15) is 0 Å². The first-order valence-electron chi connectivity index (χ1n) is 9.16. The zero-order valence-electron chi connectivity index (χ0n) is 14.5. The van der Waals surface area contributed by atoms with Crippen molar-refractivity contribution in [3.05, 3.63) is 30.1 Å². The van der Waals surface area contributed by atoms with Crippen molar-refractivity contribution in [1.29, 1.82) is 0 Å². The van der Waals surface area contributed by atoms with Gasteiger partial charge in [0.2, 0.25) is 0 Å². The zero-order valence-corrected chi connectivity index (χ0v) is 14.5. The number of hydrogen-bond acceptors (Lipinski definition) is 3. The Labute approximate surface area is 139 Å². The van der Waals surface area contributed by atoms with Gasteiger partial charge in [-0.3, -0.25) is 0 Å². The molecule has 1 atom stereocenters. The van der Waals surface area contributed by atoms with Gasteiger partial charge in [-0.1, -0.05) is 19.1 Å². The number of rotatable bonds is 6. The largest absolute Gasteiger partial charge is 0.330 e. The van der Waals surface area contributed by atoms with E-state index >= 15 is 0 Å². The van der Waals surface area contributed by atoms with E-state index in [0.29, 0.717) is 18.4 Å². The highest BCUT2D eigenvalue weighted by Crippen LogP contribution is 2.33. The van der Waals surface area contributed by atoms with Crippen LogP contribution in [0.2, 0.25) is 0 Å². The molecule has 4 nitrogen and oxygen atoms in total. The molecule has 1 aliphatic heterocycles. The number of hydrogen-bond donors (Lipinski definition) is 1. The van der Waals surface area contributed by atoms with Crippen LogP contribution in [0.15, 0.2) is 24.3 Å². The number of likely N-dealkylation sites (tertiary alicyclic amines) is 1. The van der Waals surface area contributed by atoms with Gasteiger partial charge in [-0.25, -0.2) is 4.98 Å². The number of piperidine rings is 1. The first-order chi connectivity index (χ1) is 11.3. The quantitative estimate of drug-likeness (QED) is 0.890. The van der Waals surface area contributed by atoms with Crippen molar-refractivity contribution in [3.8, 4) is 0 Å². The van der Waals surface area contributed by atoms with Crippen molar-refractivity contribution >= 4 is 11.0 Å².